The van der Waals surface area contributed by atoms with Crippen LogP contribution in [-0.4, -0.2) is 63.1 Å². The molecule has 0 spiro atoms. The number of rotatable bonds is 6. The molecule has 0 radical (unpaired) electrons. The number of amides is 3. The van der Waals surface area contributed by atoms with Gasteiger partial charge in [-0.25, -0.2) is 0 Å². The highest BCUT2D eigenvalue weighted by molar-refractivity contribution is 6.01. The van der Waals surface area contributed by atoms with Crippen LogP contribution in [0.2, 0.25) is 0 Å². The lowest BCUT2D eigenvalue weighted by atomic mass is 10.1. The number of ether oxygens (including phenoxy) is 3. The van der Waals surface area contributed by atoms with E-state index in [0.717, 1.165) is 0 Å². The predicted molar refractivity (Wildman–Crippen MR) is 117 cm³/mol. The first-order chi connectivity index (χ1) is 15.4. The van der Waals surface area contributed by atoms with Gasteiger partial charge in [0, 0.05) is 43.5 Å². The predicted octanol–water partition coefficient (Wildman–Crippen LogP) is 1.92. The highest BCUT2D eigenvalue weighted by Gasteiger charge is 2.37. The molecule has 2 heterocycles. The summed E-state index contributed by atoms with van der Waals surface area (Å²) in [7, 11) is 3.11. The van der Waals surface area contributed by atoms with Crippen LogP contribution in [0.25, 0.3) is 0 Å². The Hall–Kier alpha value is -3.75. The smallest absolute Gasteiger partial charge is 0.243 e. The van der Waals surface area contributed by atoms with Crippen LogP contribution in [0.5, 0.6) is 17.2 Å². The molecule has 9 nitrogen and oxygen atoms in total. The van der Waals surface area contributed by atoms with Crippen LogP contribution in [0.1, 0.15) is 6.42 Å². The number of nitrogens with zero attached hydrogens (tertiary/aromatic N) is 2. The molecule has 1 saturated heterocycles. The van der Waals surface area contributed by atoms with Gasteiger partial charge in [0.25, 0.3) is 0 Å². The molecular weight excluding hydrogens is 414 g/mol. The Bertz CT molecular complexity index is 1040. The highest BCUT2D eigenvalue weighted by Crippen LogP contribution is 2.36. The van der Waals surface area contributed by atoms with Gasteiger partial charge in [0.05, 0.1) is 19.6 Å². The molecule has 1 fully saturated rings. The first kappa shape index (κ1) is 21.5. The van der Waals surface area contributed by atoms with E-state index in [1.807, 2.05) is 0 Å². The van der Waals surface area contributed by atoms with E-state index in [9.17, 15) is 14.4 Å². The fourth-order valence-electron chi connectivity index (χ4n) is 3.83. The fraction of sp³-hybridized carbons (Fsp3) is 0.348. The molecule has 168 valence electrons. The molecule has 0 bridgehead atoms. The summed E-state index contributed by atoms with van der Waals surface area (Å²) in [4.78, 5) is 40.8. The van der Waals surface area contributed by atoms with Gasteiger partial charge >= 0.3 is 0 Å². The van der Waals surface area contributed by atoms with Gasteiger partial charge in [-0.2, -0.15) is 0 Å². The van der Waals surface area contributed by atoms with Gasteiger partial charge in [-0.15, -0.1) is 0 Å². The van der Waals surface area contributed by atoms with Gasteiger partial charge in [-0.05, 0) is 24.3 Å². The molecule has 2 aromatic rings. The van der Waals surface area contributed by atoms with Crippen molar-refractivity contribution in [2.45, 2.75) is 6.42 Å². The first-order valence-electron chi connectivity index (χ1n) is 10.3. The number of methoxy groups -OCH3 is 1. The van der Waals surface area contributed by atoms with Crippen molar-refractivity contribution in [2.24, 2.45) is 5.92 Å². The molecule has 4 rings (SSSR count). The minimum atomic E-state index is -0.523. The summed E-state index contributed by atoms with van der Waals surface area (Å²) in [5, 5.41) is 2.75. The molecule has 3 amide bonds. The SMILES string of the molecule is COc1cccc(NC(=O)CN(C)C(=O)C2CC(=O)N(c3ccc4c(c3)OCCO4)C2)c1. The number of anilines is 2. The lowest BCUT2D eigenvalue weighted by molar-refractivity contribution is -0.137. The molecule has 0 saturated carbocycles. The Balaban J connectivity index is 1.36. The maximum absolute atomic E-state index is 12.9. The minimum Gasteiger partial charge on any atom is -0.497 e. The van der Waals surface area contributed by atoms with Crippen LogP contribution in [-0.2, 0) is 14.4 Å². The Morgan fingerprint density at radius 3 is 2.72 bits per heavy atom. The third kappa shape index (κ3) is 4.61. The number of nitrogens with one attached hydrogen (secondary N) is 1. The number of hydrogen-bond donors (Lipinski definition) is 1. The number of fused-ring (bicyclic) bond motifs is 1. The fourth-order valence-corrected chi connectivity index (χ4v) is 3.83. The van der Waals surface area contributed by atoms with Crippen LogP contribution in [0.4, 0.5) is 11.4 Å². The van der Waals surface area contributed by atoms with Crippen molar-refractivity contribution >= 4 is 29.1 Å². The zero-order chi connectivity index (χ0) is 22.7. The molecule has 9 heteroatoms. The maximum Gasteiger partial charge on any atom is 0.243 e. The van der Waals surface area contributed by atoms with Gasteiger partial charge in [-0.3, -0.25) is 14.4 Å². The van der Waals surface area contributed by atoms with E-state index in [1.54, 1.807) is 61.5 Å². The summed E-state index contributed by atoms with van der Waals surface area (Å²) >= 11 is 0. The summed E-state index contributed by atoms with van der Waals surface area (Å²) in [6.45, 7) is 1.07. The topological polar surface area (TPSA) is 97.4 Å². The monoisotopic (exact) mass is 439 g/mol. The molecular formula is C23H25N3O6. The highest BCUT2D eigenvalue weighted by atomic mass is 16.6. The van der Waals surface area contributed by atoms with E-state index in [0.29, 0.717) is 41.8 Å². The van der Waals surface area contributed by atoms with Gasteiger partial charge < -0.3 is 29.3 Å². The molecule has 2 aliphatic heterocycles. The summed E-state index contributed by atoms with van der Waals surface area (Å²) in [6, 6.07) is 12.3. The number of hydrogen-bond acceptors (Lipinski definition) is 6. The third-order valence-corrected chi connectivity index (χ3v) is 5.42. The van der Waals surface area contributed by atoms with Crippen molar-refractivity contribution in [3.8, 4) is 17.2 Å². The number of carbonyl (C=O) groups excluding carboxylic acids is 3. The van der Waals surface area contributed by atoms with E-state index in [-0.39, 0.29) is 37.2 Å². The molecule has 0 aliphatic carbocycles. The third-order valence-electron chi connectivity index (χ3n) is 5.42. The van der Waals surface area contributed by atoms with Gasteiger partial charge in [0.2, 0.25) is 17.7 Å². The average Bonchev–Trinajstić information content (AvgIpc) is 3.19. The van der Waals surface area contributed by atoms with Gasteiger partial charge in [-0.1, -0.05) is 6.07 Å². The van der Waals surface area contributed by atoms with Crippen LogP contribution in [0, 0.1) is 5.92 Å². The van der Waals surface area contributed by atoms with E-state index >= 15 is 0 Å². The standard InChI is InChI=1S/C23H25N3O6/c1-25(14-21(27)24-16-4-3-5-18(11-16)30-2)23(29)15-10-22(28)26(13-15)17-6-7-19-20(12-17)32-9-8-31-19/h3-7,11-12,15H,8-10,13-14H2,1-2H3,(H,24,27). The lowest BCUT2D eigenvalue weighted by Gasteiger charge is -2.23. The molecule has 0 aromatic heterocycles. The first-order valence-corrected chi connectivity index (χ1v) is 10.3. The second kappa shape index (κ2) is 9.17. The van der Waals surface area contributed by atoms with E-state index in [2.05, 4.69) is 5.32 Å². The van der Waals surface area contributed by atoms with E-state index < -0.39 is 5.92 Å². The second-order valence-corrected chi connectivity index (χ2v) is 7.71. The maximum atomic E-state index is 12.9. The largest absolute Gasteiger partial charge is 0.497 e. The van der Waals surface area contributed by atoms with Crippen molar-refractivity contribution in [1.29, 1.82) is 0 Å². The average molecular weight is 439 g/mol. The normalized spacial score (nSPS) is 17.1. The second-order valence-electron chi connectivity index (χ2n) is 7.71. The minimum absolute atomic E-state index is 0.0924. The Morgan fingerprint density at radius 2 is 1.94 bits per heavy atom. The Morgan fingerprint density at radius 1 is 1.16 bits per heavy atom. The van der Waals surface area contributed by atoms with Crippen molar-refractivity contribution in [1.82, 2.24) is 4.90 Å². The quantitative estimate of drug-likeness (QED) is 0.739. The zero-order valence-electron chi connectivity index (χ0n) is 18.0. The Labute approximate surface area is 185 Å². The summed E-state index contributed by atoms with van der Waals surface area (Å²) in [5.74, 6) is 0.598. The van der Waals surface area contributed by atoms with Crippen LogP contribution in [0.15, 0.2) is 42.5 Å². The van der Waals surface area contributed by atoms with Crippen molar-refractivity contribution in [3.05, 3.63) is 42.5 Å². The zero-order valence-corrected chi connectivity index (χ0v) is 18.0. The van der Waals surface area contributed by atoms with E-state index in [1.165, 1.54) is 4.90 Å². The molecule has 1 N–H and O–H groups in total. The van der Waals surface area contributed by atoms with Crippen molar-refractivity contribution in [3.63, 3.8) is 0 Å². The van der Waals surface area contributed by atoms with Crippen LogP contribution in [0.3, 0.4) is 0 Å². The molecule has 1 unspecified atom stereocenters. The van der Waals surface area contributed by atoms with Crippen LogP contribution >= 0.6 is 0 Å². The van der Waals surface area contributed by atoms with Gasteiger partial charge in [0.1, 0.15) is 19.0 Å². The summed E-state index contributed by atoms with van der Waals surface area (Å²) < 4.78 is 16.2. The molecule has 2 aromatic carbocycles. The van der Waals surface area contributed by atoms with Crippen molar-refractivity contribution in [2.75, 3.05) is 50.7 Å². The number of carbonyl (C=O) groups is 3. The summed E-state index contributed by atoms with van der Waals surface area (Å²) in [6.07, 6.45) is 0.0924. The number of likely N-dealkylation sites (N-methyl/N-ethyl adjacent to an activating group) is 1. The Kier molecular flexibility index (Phi) is 6.16. The molecule has 32 heavy (non-hydrogen) atoms. The molecule has 2 aliphatic rings. The van der Waals surface area contributed by atoms with Crippen molar-refractivity contribution < 1.29 is 28.6 Å². The summed E-state index contributed by atoms with van der Waals surface area (Å²) in [5.41, 5.74) is 1.24. The lowest BCUT2D eigenvalue weighted by Crippen LogP contribution is -2.39. The number of benzene rings is 2. The van der Waals surface area contributed by atoms with E-state index in [4.69, 9.17) is 14.2 Å². The van der Waals surface area contributed by atoms with Crippen LogP contribution < -0.4 is 24.4 Å². The molecule has 1 atom stereocenters. The van der Waals surface area contributed by atoms with Gasteiger partial charge in [0.15, 0.2) is 11.5 Å².